The van der Waals surface area contributed by atoms with Crippen LogP contribution in [0.4, 0.5) is 0 Å². The minimum atomic E-state index is -0.339. The smallest absolute Gasteiger partial charge is 0.338 e. The van der Waals surface area contributed by atoms with Crippen LogP contribution < -0.4 is 0 Å². The molecule has 0 amide bonds. The maximum atomic E-state index is 12.0. The summed E-state index contributed by atoms with van der Waals surface area (Å²) >= 11 is 1.52. The van der Waals surface area contributed by atoms with Crippen molar-refractivity contribution in [2.24, 2.45) is 0 Å². The summed E-state index contributed by atoms with van der Waals surface area (Å²) in [4.78, 5) is 16.7. The first-order valence-electron chi connectivity index (χ1n) is 9.37. The number of benzene rings is 2. The Morgan fingerprint density at radius 3 is 2.72 bits per heavy atom. The van der Waals surface area contributed by atoms with E-state index in [1.807, 2.05) is 36.4 Å². The predicted octanol–water partition coefficient (Wildman–Crippen LogP) is 4.58. The van der Waals surface area contributed by atoms with Gasteiger partial charge >= 0.3 is 5.97 Å². The zero-order chi connectivity index (χ0) is 20.2. The normalized spacial score (nSPS) is 11.1. The van der Waals surface area contributed by atoms with Crippen LogP contribution in [0.3, 0.4) is 0 Å². The van der Waals surface area contributed by atoms with Crippen molar-refractivity contribution in [1.82, 2.24) is 19.7 Å². The van der Waals surface area contributed by atoms with Gasteiger partial charge in [0.2, 0.25) is 11.8 Å². The summed E-state index contributed by atoms with van der Waals surface area (Å²) in [7, 11) is 0. The minimum absolute atomic E-state index is 0.339. The van der Waals surface area contributed by atoms with E-state index in [9.17, 15) is 4.79 Å². The van der Waals surface area contributed by atoms with Crippen LogP contribution >= 0.6 is 11.8 Å². The van der Waals surface area contributed by atoms with Crippen LogP contribution in [0.5, 0.6) is 0 Å². The number of aryl methyl sites for hydroxylation is 1. The second-order valence-electron chi connectivity index (χ2n) is 6.22. The SMILES string of the molecule is CCOC(=O)c1ccc2c(c1)nc(SCc1nnc(-c3ccccc3)o1)n2CC. The van der Waals surface area contributed by atoms with Gasteiger partial charge in [0.1, 0.15) is 0 Å². The highest BCUT2D eigenvalue weighted by Crippen LogP contribution is 2.28. The van der Waals surface area contributed by atoms with Gasteiger partial charge in [-0.15, -0.1) is 10.2 Å². The molecule has 0 spiro atoms. The average Bonchev–Trinajstić information content (AvgIpc) is 3.36. The van der Waals surface area contributed by atoms with Crippen molar-refractivity contribution in [2.45, 2.75) is 31.3 Å². The Morgan fingerprint density at radius 1 is 1.14 bits per heavy atom. The summed E-state index contributed by atoms with van der Waals surface area (Å²) in [5.41, 5.74) is 3.12. The molecule has 4 aromatic rings. The molecule has 0 radical (unpaired) electrons. The zero-order valence-electron chi connectivity index (χ0n) is 16.2. The van der Waals surface area contributed by atoms with Crippen molar-refractivity contribution in [3.05, 3.63) is 60.0 Å². The molecule has 2 aromatic carbocycles. The maximum absolute atomic E-state index is 12.0. The van der Waals surface area contributed by atoms with E-state index in [1.54, 1.807) is 19.1 Å². The topological polar surface area (TPSA) is 83.0 Å². The van der Waals surface area contributed by atoms with Crippen LogP contribution in [0.25, 0.3) is 22.5 Å². The minimum Gasteiger partial charge on any atom is -0.462 e. The van der Waals surface area contributed by atoms with Crippen LogP contribution in [0, 0.1) is 0 Å². The largest absolute Gasteiger partial charge is 0.462 e. The molecule has 2 heterocycles. The number of fused-ring (bicyclic) bond motifs is 1. The first kappa shape index (κ1) is 19.2. The monoisotopic (exact) mass is 408 g/mol. The van der Waals surface area contributed by atoms with E-state index in [2.05, 4.69) is 21.7 Å². The van der Waals surface area contributed by atoms with Gasteiger partial charge in [-0.25, -0.2) is 9.78 Å². The van der Waals surface area contributed by atoms with Crippen LogP contribution in [0.2, 0.25) is 0 Å². The number of carbonyl (C=O) groups excluding carboxylic acids is 1. The van der Waals surface area contributed by atoms with Gasteiger partial charge in [-0.1, -0.05) is 30.0 Å². The number of imidazole rings is 1. The maximum Gasteiger partial charge on any atom is 0.338 e. The Labute approximate surface area is 172 Å². The van der Waals surface area contributed by atoms with E-state index in [1.165, 1.54) is 11.8 Å². The number of nitrogens with zero attached hydrogens (tertiary/aromatic N) is 4. The lowest BCUT2D eigenvalue weighted by atomic mass is 10.2. The summed E-state index contributed by atoms with van der Waals surface area (Å²) in [6.45, 7) is 4.95. The summed E-state index contributed by atoms with van der Waals surface area (Å²) < 4.78 is 13.0. The van der Waals surface area contributed by atoms with E-state index >= 15 is 0 Å². The Balaban J connectivity index is 1.54. The molecular weight excluding hydrogens is 388 g/mol. The molecule has 0 N–H and O–H groups in total. The fraction of sp³-hybridized carbons (Fsp3) is 0.238. The molecule has 0 aliphatic heterocycles. The zero-order valence-corrected chi connectivity index (χ0v) is 17.0. The third-order valence-corrected chi connectivity index (χ3v) is 5.31. The highest BCUT2D eigenvalue weighted by molar-refractivity contribution is 7.98. The fourth-order valence-electron chi connectivity index (χ4n) is 3.00. The summed E-state index contributed by atoms with van der Waals surface area (Å²) in [6.07, 6.45) is 0. The van der Waals surface area contributed by atoms with Gasteiger partial charge in [0, 0.05) is 12.1 Å². The van der Waals surface area contributed by atoms with Gasteiger partial charge in [-0.05, 0) is 44.2 Å². The molecule has 0 aliphatic carbocycles. The van der Waals surface area contributed by atoms with Gasteiger partial charge in [-0.3, -0.25) is 0 Å². The molecule has 2 aromatic heterocycles. The van der Waals surface area contributed by atoms with Crippen LogP contribution in [0.1, 0.15) is 30.1 Å². The number of carbonyl (C=O) groups is 1. The lowest BCUT2D eigenvalue weighted by Gasteiger charge is -2.05. The number of hydrogen-bond donors (Lipinski definition) is 0. The standard InChI is InChI=1S/C21H20N4O3S/c1-3-25-17-11-10-15(20(26)27-4-2)12-16(17)22-21(25)29-13-18-23-24-19(28-18)14-8-6-5-7-9-14/h5-12H,3-4,13H2,1-2H3. The Morgan fingerprint density at radius 2 is 1.97 bits per heavy atom. The Bertz CT molecular complexity index is 1140. The molecule has 0 aliphatic rings. The van der Waals surface area contributed by atoms with Crippen molar-refractivity contribution >= 4 is 28.8 Å². The van der Waals surface area contributed by atoms with E-state index in [-0.39, 0.29) is 5.97 Å². The molecule has 8 heteroatoms. The highest BCUT2D eigenvalue weighted by Gasteiger charge is 2.15. The fourth-order valence-corrected chi connectivity index (χ4v) is 3.92. The van der Waals surface area contributed by atoms with Crippen molar-refractivity contribution in [3.8, 4) is 11.5 Å². The third-order valence-electron chi connectivity index (χ3n) is 4.35. The second kappa shape index (κ2) is 8.48. The first-order valence-corrected chi connectivity index (χ1v) is 10.4. The van der Waals surface area contributed by atoms with Gasteiger partial charge in [0.25, 0.3) is 0 Å². The van der Waals surface area contributed by atoms with Crippen LogP contribution in [-0.4, -0.2) is 32.3 Å². The molecule has 7 nitrogen and oxygen atoms in total. The number of thioether (sulfide) groups is 1. The molecule has 0 atom stereocenters. The molecule has 0 unspecified atom stereocenters. The number of hydrogen-bond acceptors (Lipinski definition) is 7. The summed E-state index contributed by atoms with van der Waals surface area (Å²) in [6, 6.07) is 15.1. The Hall–Kier alpha value is -3.13. The highest BCUT2D eigenvalue weighted by atomic mass is 32.2. The molecule has 0 bridgehead atoms. The summed E-state index contributed by atoms with van der Waals surface area (Å²) in [5, 5.41) is 9.10. The summed E-state index contributed by atoms with van der Waals surface area (Å²) in [5.74, 6) is 1.21. The quantitative estimate of drug-likeness (QED) is 0.327. The van der Waals surface area contributed by atoms with Crippen LogP contribution in [0.15, 0.2) is 58.1 Å². The lowest BCUT2D eigenvalue weighted by molar-refractivity contribution is 0.0526. The molecular formula is C21H20N4O3S. The second-order valence-corrected chi connectivity index (χ2v) is 7.16. The molecule has 0 saturated carbocycles. The molecule has 4 rings (SSSR count). The van der Waals surface area contributed by atoms with Gasteiger partial charge in [-0.2, -0.15) is 0 Å². The number of ether oxygens (including phenoxy) is 1. The molecule has 0 saturated heterocycles. The van der Waals surface area contributed by atoms with Gasteiger partial charge in [0.15, 0.2) is 5.16 Å². The van der Waals surface area contributed by atoms with Gasteiger partial charge in [0.05, 0.1) is 29.0 Å². The van der Waals surface area contributed by atoms with E-state index in [0.717, 1.165) is 28.3 Å². The van der Waals surface area contributed by atoms with Gasteiger partial charge < -0.3 is 13.7 Å². The lowest BCUT2D eigenvalue weighted by Crippen LogP contribution is -2.04. The van der Waals surface area contributed by atoms with E-state index in [0.29, 0.717) is 29.7 Å². The predicted molar refractivity (Wildman–Crippen MR) is 111 cm³/mol. The first-order chi connectivity index (χ1) is 14.2. The van der Waals surface area contributed by atoms with Crippen molar-refractivity contribution in [1.29, 1.82) is 0 Å². The number of rotatable bonds is 7. The third kappa shape index (κ3) is 4.02. The van der Waals surface area contributed by atoms with Crippen molar-refractivity contribution in [2.75, 3.05) is 6.61 Å². The van der Waals surface area contributed by atoms with Crippen LogP contribution in [-0.2, 0) is 17.0 Å². The van der Waals surface area contributed by atoms with Crippen molar-refractivity contribution in [3.63, 3.8) is 0 Å². The average molecular weight is 408 g/mol. The molecule has 29 heavy (non-hydrogen) atoms. The van der Waals surface area contributed by atoms with E-state index < -0.39 is 0 Å². The van der Waals surface area contributed by atoms with E-state index in [4.69, 9.17) is 14.1 Å². The number of esters is 1. The molecule has 148 valence electrons. The molecule has 0 fully saturated rings. The number of aromatic nitrogens is 4. The Kier molecular flexibility index (Phi) is 5.62. The van der Waals surface area contributed by atoms with Crippen molar-refractivity contribution < 1.29 is 13.9 Å².